The molecule has 1 saturated heterocycles. The van der Waals surface area contributed by atoms with E-state index in [4.69, 9.17) is 0 Å². The van der Waals surface area contributed by atoms with Crippen molar-refractivity contribution in [2.45, 2.75) is 76.9 Å². The molecule has 2 N–H and O–H groups in total. The number of aromatic nitrogens is 4. The molecule has 0 bridgehead atoms. The quantitative estimate of drug-likeness (QED) is 0.684. The van der Waals surface area contributed by atoms with Gasteiger partial charge in [-0.25, -0.2) is 9.97 Å². The van der Waals surface area contributed by atoms with Crippen LogP contribution < -0.4 is 15.5 Å². The molecule has 0 atom stereocenters. The fraction of sp³-hybridized carbons (Fsp3) is 0.609. The Morgan fingerprint density at radius 2 is 1.78 bits per heavy atom. The lowest BCUT2D eigenvalue weighted by Crippen LogP contribution is -2.45. The maximum atomic E-state index is 12.7. The van der Waals surface area contributed by atoms with E-state index in [0.717, 1.165) is 56.7 Å². The van der Waals surface area contributed by atoms with Gasteiger partial charge in [0.15, 0.2) is 0 Å². The number of hydrogen-bond donors (Lipinski definition) is 2. The van der Waals surface area contributed by atoms with Crippen LogP contribution in [0, 0.1) is 0 Å². The Kier molecular flexibility index (Phi) is 7.34. The largest absolute Gasteiger partial charge is 0.356 e. The molecule has 9 nitrogen and oxygen atoms in total. The Labute approximate surface area is 189 Å². The van der Waals surface area contributed by atoms with E-state index in [1.807, 2.05) is 6.07 Å². The average molecular weight is 440 g/mol. The predicted molar refractivity (Wildman–Crippen MR) is 121 cm³/mol. The third kappa shape index (κ3) is 5.83. The number of carbonyl (C=O) groups is 2. The number of aryl methyl sites for hydroxylation is 1. The highest BCUT2D eigenvalue weighted by Gasteiger charge is 2.23. The molecule has 2 aromatic rings. The van der Waals surface area contributed by atoms with Gasteiger partial charge in [-0.3, -0.25) is 14.3 Å². The zero-order valence-corrected chi connectivity index (χ0v) is 18.8. The third-order valence-electron chi connectivity index (χ3n) is 6.40. The molecule has 1 aliphatic heterocycles. The summed E-state index contributed by atoms with van der Waals surface area (Å²) in [5.41, 5.74) is 1.52. The molecule has 2 amide bonds. The molecular weight excluding hydrogens is 406 g/mol. The number of hydrogen-bond acceptors (Lipinski definition) is 6. The van der Waals surface area contributed by atoms with E-state index in [-0.39, 0.29) is 30.4 Å². The van der Waals surface area contributed by atoms with E-state index in [9.17, 15) is 9.59 Å². The summed E-state index contributed by atoms with van der Waals surface area (Å²) in [4.78, 5) is 35.8. The zero-order chi connectivity index (χ0) is 22.3. The number of piperidine rings is 1. The van der Waals surface area contributed by atoms with Crippen LogP contribution in [0.1, 0.15) is 67.9 Å². The van der Waals surface area contributed by atoms with Gasteiger partial charge in [-0.1, -0.05) is 26.2 Å². The highest BCUT2D eigenvalue weighted by Crippen LogP contribution is 2.19. The van der Waals surface area contributed by atoms with Crippen LogP contribution in [-0.2, 0) is 17.8 Å². The molecular formula is C23H33N7O2. The van der Waals surface area contributed by atoms with Gasteiger partial charge in [0.05, 0.1) is 11.8 Å². The van der Waals surface area contributed by atoms with E-state index in [1.165, 1.54) is 30.1 Å². The van der Waals surface area contributed by atoms with E-state index in [1.54, 1.807) is 12.5 Å². The predicted octanol–water partition coefficient (Wildman–Crippen LogP) is 2.08. The molecule has 2 aliphatic rings. The van der Waals surface area contributed by atoms with Crippen molar-refractivity contribution in [3.8, 4) is 0 Å². The molecule has 172 valence electrons. The molecule has 9 heteroatoms. The first-order valence-corrected chi connectivity index (χ1v) is 11.8. The monoisotopic (exact) mass is 439 g/mol. The lowest BCUT2D eigenvalue weighted by atomic mass is 9.95. The van der Waals surface area contributed by atoms with Crippen LogP contribution in [0.3, 0.4) is 0 Å². The number of carbonyl (C=O) groups excluding carboxylic acids is 2. The molecule has 32 heavy (non-hydrogen) atoms. The first-order chi connectivity index (χ1) is 15.6. The van der Waals surface area contributed by atoms with Crippen LogP contribution in [0.15, 0.2) is 24.8 Å². The minimum Gasteiger partial charge on any atom is -0.356 e. The van der Waals surface area contributed by atoms with Crippen molar-refractivity contribution in [3.63, 3.8) is 0 Å². The van der Waals surface area contributed by atoms with Crippen molar-refractivity contribution in [1.82, 2.24) is 30.4 Å². The Morgan fingerprint density at radius 1 is 1.03 bits per heavy atom. The van der Waals surface area contributed by atoms with Gasteiger partial charge in [0.1, 0.15) is 18.7 Å². The molecule has 0 radical (unpaired) electrons. The van der Waals surface area contributed by atoms with Crippen molar-refractivity contribution in [2.24, 2.45) is 0 Å². The van der Waals surface area contributed by atoms with Crippen molar-refractivity contribution in [1.29, 1.82) is 0 Å². The SMILES string of the molecule is CCc1cc(N2CCC(NC(=O)c3cnn(CC(=O)NC4CCCCC4)c3)CC2)ncn1. The third-order valence-corrected chi connectivity index (χ3v) is 6.40. The van der Waals surface area contributed by atoms with Crippen molar-refractivity contribution in [2.75, 3.05) is 18.0 Å². The summed E-state index contributed by atoms with van der Waals surface area (Å²) >= 11 is 0. The van der Waals surface area contributed by atoms with Crippen LogP contribution in [-0.4, -0.2) is 56.7 Å². The fourth-order valence-electron chi connectivity index (χ4n) is 4.51. The highest BCUT2D eigenvalue weighted by atomic mass is 16.2. The number of nitrogens with one attached hydrogen (secondary N) is 2. The second-order valence-electron chi connectivity index (χ2n) is 8.78. The Morgan fingerprint density at radius 3 is 2.53 bits per heavy atom. The summed E-state index contributed by atoms with van der Waals surface area (Å²) in [6.07, 6.45) is 13.1. The van der Waals surface area contributed by atoms with Gasteiger partial charge in [0.2, 0.25) is 5.91 Å². The average Bonchev–Trinajstić information content (AvgIpc) is 3.29. The van der Waals surface area contributed by atoms with Crippen LogP contribution in [0.2, 0.25) is 0 Å². The molecule has 0 spiro atoms. The second kappa shape index (κ2) is 10.6. The van der Waals surface area contributed by atoms with E-state index in [2.05, 4.69) is 37.5 Å². The van der Waals surface area contributed by atoms with Gasteiger partial charge in [-0.2, -0.15) is 5.10 Å². The minimum atomic E-state index is -0.141. The Balaban J connectivity index is 1.23. The van der Waals surface area contributed by atoms with Gasteiger partial charge < -0.3 is 15.5 Å². The molecule has 2 fully saturated rings. The van der Waals surface area contributed by atoms with Gasteiger partial charge in [0, 0.05) is 43.1 Å². The molecule has 3 heterocycles. The van der Waals surface area contributed by atoms with Crippen LogP contribution in [0.25, 0.3) is 0 Å². The van der Waals surface area contributed by atoms with Crippen molar-refractivity contribution < 1.29 is 9.59 Å². The van der Waals surface area contributed by atoms with Gasteiger partial charge >= 0.3 is 0 Å². The van der Waals surface area contributed by atoms with Gasteiger partial charge in [-0.05, 0) is 32.1 Å². The van der Waals surface area contributed by atoms with E-state index >= 15 is 0 Å². The maximum absolute atomic E-state index is 12.7. The smallest absolute Gasteiger partial charge is 0.254 e. The summed E-state index contributed by atoms with van der Waals surface area (Å²) in [5.74, 6) is 0.766. The fourth-order valence-corrected chi connectivity index (χ4v) is 4.51. The highest BCUT2D eigenvalue weighted by molar-refractivity contribution is 5.94. The minimum absolute atomic E-state index is 0.0460. The van der Waals surface area contributed by atoms with E-state index in [0.29, 0.717) is 5.56 Å². The number of rotatable bonds is 7. The molecule has 1 aliphatic carbocycles. The molecule has 2 aromatic heterocycles. The standard InChI is InChI=1S/C23H33N7O2/c1-2-18-12-21(25-16-24-18)29-10-8-20(9-11-29)28-23(32)17-13-26-30(14-17)15-22(31)27-19-6-4-3-5-7-19/h12-14,16,19-20H,2-11,15H2,1H3,(H,27,31)(H,28,32). The first-order valence-electron chi connectivity index (χ1n) is 11.8. The maximum Gasteiger partial charge on any atom is 0.254 e. The van der Waals surface area contributed by atoms with Gasteiger partial charge in [0.25, 0.3) is 5.91 Å². The molecule has 4 rings (SSSR count). The Bertz CT molecular complexity index is 915. The summed E-state index contributed by atoms with van der Waals surface area (Å²) < 4.78 is 1.54. The number of amides is 2. The molecule has 0 unspecified atom stereocenters. The van der Waals surface area contributed by atoms with Crippen LogP contribution in [0.4, 0.5) is 5.82 Å². The number of nitrogens with zero attached hydrogens (tertiary/aromatic N) is 5. The van der Waals surface area contributed by atoms with Crippen LogP contribution >= 0.6 is 0 Å². The van der Waals surface area contributed by atoms with Crippen molar-refractivity contribution in [3.05, 3.63) is 36.0 Å². The summed E-state index contributed by atoms with van der Waals surface area (Å²) in [7, 11) is 0. The lowest BCUT2D eigenvalue weighted by Gasteiger charge is -2.33. The molecule has 1 saturated carbocycles. The van der Waals surface area contributed by atoms with Gasteiger partial charge in [-0.15, -0.1) is 0 Å². The van der Waals surface area contributed by atoms with E-state index < -0.39 is 0 Å². The summed E-state index contributed by atoms with van der Waals surface area (Å²) in [6.45, 7) is 3.90. The lowest BCUT2D eigenvalue weighted by molar-refractivity contribution is -0.122. The summed E-state index contributed by atoms with van der Waals surface area (Å²) in [6, 6.07) is 2.43. The molecule has 0 aromatic carbocycles. The topological polar surface area (TPSA) is 105 Å². The zero-order valence-electron chi connectivity index (χ0n) is 18.8. The Hall–Kier alpha value is -2.97. The first kappa shape index (κ1) is 22.2. The van der Waals surface area contributed by atoms with Crippen molar-refractivity contribution >= 4 is 17.6 Å². The van der Waals surface area contributed by atoms with Crippen LogP contribution in [0.5, 0.6) is 0 Å². The normalized spacial score (nSPS) is 17.8. The number of anilines is 1. The summed E-state index contributed by atoms with van der Waals surface area (Å²) in [5, 5.41) is 10.4. The second-order valence-corrected chi connectivity index (χ2v) is 8.78.